The molecule has 0 radical (unpaired) electrons. The minimum atomic E-state index is -2.26. The van der Waals surface area contributed by atoms with Crippen LogP contribution in [0.4, 0.5) is 8.78 Å². The lowest BCUT2D eigenvalue weighted by molar-refractivity contribution is 0.0311. The molecule has 0 unspecified atom stereocenters. The predicted molar refractivity (Wildman–Crippen MR) is 70.5 cm³/mol. The molecule has 1 saturated heterocycles. The van der Waals surface area contributed by atoms with Crippen molar-refractivity contribution in [3.8, 4) is 0 Å². The molecule has 1 heterocycles. The second kappa shape index (κ2) is 6.13. The van der Waals surface area contributed by atoms with Gasteiger partial charge in [-0.15, -0.1) is 0 Å². The van der Waals surface area contributed by atoms with Crippen molar-refractivity contribution in [3.63, 3.8) is 0 Å². The molecule has 0 spiro atoms. The van der Waals surface area contributed by atoms with Crippen LogP contribution in [0.3, 0.4) is 0 Å². The molecule has 0 atom stereocenters. The van der Waals surface area contributed by atoms with Crippen LogP contribution in [0, 0.1) is 5.92 Å². The summed E-state index contributed by atoms with van der Waals surface area (Å²) in [6.07, 6.45) is -0.526. The van der Waals surface area contributed by atoms with Gasteiger partial charge in [0.1, 0.15) is 0 Å². The van der Waals surface area contributed by atoms with Gasteiger partial charge >= 0.3 is 0 Å². The lowest BCUT2D eigenvalue weighted by Gasteiger charge is -2.31. The van der Waals surface area contributed by atoms with Gasteiger partial charge in [0.2, 0.25) is 6.43 Å². The summed E-state index contributed by atoms with van der Waals surface area (Å²) in [5.74, 6) is -0.595. The van der Waals surface area contributed by atoms with E-state index in [1.807, 2.05) is 24.3 Å². The second-order valence-corrected chi connectivity index (χ2v) is 5.01. The van der Waals surface area contributed by atoms with Gasteiger partial charge < -0.3 is 4.90 Å². The fourth-order valence-electron chi connectivity index (χ4n) is 2.42. The van der Waals surface area contributed by atoms with E-state index in [-0.39, 0.29) is 5.91 Å². The van der Waals surface area contributed by atoms with Gasteiger partial charge in [0.05, 0.1) is 0 Å². The molecule has 1 aromatic rings. The van der Waals surface area contributed by atoms with Crippen LogP contribution in [0.5, 0.6) is 0 Å². The van der Waals surface area contributed by atoms with Gasteiger partial charge in [0.15, 0.2) is 0 Å². The van der Waals surface area contributed by atoms with Crippen molar-refractivity contribution in [3.05, 3.63) is 35.4 Å². The highest BCUT2D eigenvalue weighted by atomic mass is 19.3. The van der Waals surface area contributed by atoms with Gasteiger partial charge in [-0.1, -0.05) is 19.1 Å². The fourth-order valence-corrected chi connectivity index (χ4v) is 2.42. The Morgan fingerprint density at radius 2 is 1.84 bits per heavy atom. The zero-order valence-electron chi connectivity index (χ0n) is 11.1. The Labute approximate surface area is 112 Å². The van der Waals surface area contributed by atoms with E-state index in [1.54, 1.807) is 4.90 Å². The third-order valence-electron chi connectivity index (χ3n) is 3.79. The van der Waals surface area contributed by atoms with Crippen molar-refractivity contribution >= 4 is 5.91 Å². The third kappa shape index (κ3) is 3.31. The first-order chi connectivity index (χ1) is 9.11. The maximum Gasteiger partial charge on any atom is 0.253 e. The average molecular weight is 267 g/mol. The number of piperidine rings is 1. The van der Waals surface area contributed by atoms with E-state index in [0.717, 1.165) is 6.42 Å². The van der Waals surface area contributed by atoms with Crippen LogP contribution in [0.2, 0.25) is 0 Å². The minimum absolute atomic E-state index is 0.0460. The number of aryl methyl sites for hydroxylation is 1. The molecule has 19 heavy (non-hydrogen) atoms. The van der Waals surface area contributed by atoms with Crippen molar-refractivity contribution in [2.75, 3.05) is 13.1 Å². The molecule has 2 rings (SSSR count). The van der Waals surface area contributed by atoms with Crippen LogP contribution in [0.15, 0.2) is 24.3 Å². The fraction of sp³-hybridized carbons (Fsp3) is 0.533. The van der Waals surface area contributed by atoms with Gasteiger partial charge in [0, 0.05) is 24.6 Å². The number of carbonyl (C=O) groups is 1. The first kappa shape index (κ1) is 14.0. The highest BCUT2D eigenvalue weighted by Crippen LogP contribution is 2.24. The maximum atomic E-state index is 12.6. The quantitative estimate of drug-likeness (QED) is 0.822. The van der Waals surface area contributed by atoms with Gasteiger partial charge in [0.25, 0.3) is 5.91 Å². The van der Waals surface area contributed by atoms with Crippen molar-refractivity contribution in [2.24, 2.45) is 5.92 Å². The lowest BCUT2D eigenvalue weighted by Crippen LogP contribution is -2.39. The number of nitrogens with zero attached hydrogens (tertiary/aromatic N) is 1. The Morgan fingerprint density at radius 1 is 1.26 bits per heavy atom. The zero-order chi connectivity index (χ0) is 13.8. The summed E-state index contributed by atoms with van der Waals surface area (Å²) >= 11 is 0. The van der Waals surface area contributed by atoms with Crippen molar-refractivity contribution in [1.29, 1.82) is 0 Å². The number of carbonyl (C=O) groups excluding carboxylic acids is 1. The van der Waals surface area contributed by atoms with E-state index >= 15 is 0 Å². The molecule has 104 valence electrons. The second-order valence-electron chi connectivity index (χ2n) is 5.01. The highest BCUT2D eigenvalue weighted by molar-refractivity contribution is 5.94. The van der Waals surface area contributed by atoms with Gasteiger partial charge in [-0.2, -0.15) is 0 Å². The Balaban J connectivity index is 1.97. The first-order valence-electron chi connectivity index (χ1n) is 6.78. The molecule has 0 N–H and O–H groups in total. The molecule has 1 aromatic carbocycles. The van der Waals surface area contributed by atoms with Gasteiger partial charge in [-0.25, -0.2) is 8.78 Å². The number of benzene rings is 1. The Morgan fingerprint density at radius 3 is 2.32 bits per heavy atom. The Bertz CT molecular complexity index is 422. The summed E-state index contributed by atoms with van der Waals surface area (Å²) in [4.78, 5) is 13.9. The first-order valence-corrected chi connectivity index (χ1v) is 6.78. The summed E-state index contributed by atoms with van der Waals surface area (Å²) in [5.41, 5.74) is 1.83. The third-order valence-corrected chi connectivity index (χ3v) is 3.79. The summed E-state index contributed by atoms with van der Waals surface area (Å²) in [6.45, 7) is 2.93. The number of likely N-dealkylation sites (tertiary alicyclic amines) is 1. The molecular weight excluding hydrogens is 248 g/mol. The highest BCUT2D eigenvalue weighted by Gasteiger charge is 2.28. The summed E-state index contributed by atoms with van der Waals surface area (Å²) in [6, 6.07) is 7.53. The van der Waals surface area contributed by atoms with E-state index in [9.17, 15) is 13.6 Å². The Hall–Kier alpha value is -1.45. The molecule has 4 heteroatoms. The number of amides is 1. The van der Waals surface area contributed by atoms with E-state index in [4.69, 9.17) is 0 Å². The molecular formula is C15H19F2NO. The molecule has 0 aromatic heterocycles. The SMILES string of the molecule is CCc1ccc(C(=O)N2CCC(C(F)F)CC2)cc1. The molecule has 2 nitrogen and oxygen atoms in total. The minimum Gasteiger partial charge on any atom is -0.339 e. The zero-order valence-corrected chi connectivity index (χ0v) is 11.1. The Kier molecular flexibility index (Phi) is 4.51. The van der Waals surface area contributed by atoms with E-state index in [2.05, 4.69) is 6.92 Å². The van der Waals surface area contributed by atoms with Crippen LogP contribution in [0.1, 0.15) is 35.7 Å². The van der Waals surface area contributed by atoms with Crippen molar-refractivity contribution in [2.45, 2.75) is 32.6 Å². The lowest BCUT2D eigenvalue weighted by atomic mass is 9.97. The topological polar surface area (TPSA) is 20.3 Å². The molecule has 1 aliphatic rings. The monoisotopic (exact) mass is 267 g/mol. The summed E-state index contributed by atoms with van der Waals surface area (Å²) in [7, 11) is 0. The number of hydrogen-bond acceptors (Lipinski definition) is 1. The number of halogens is 2. The van der Waals surface area contributed by atoms with E-state index < -0.39 is 12.3 Å². The molecule has 1 fully saturated rings. The predicted octanol–water partition coefficient (Wildman–Crippen LogP) is 3.37. The van der Waals surface area contributed by atoms with Crippen LogP contribution in [-0.4, -0.2) is 30.3 Å². The molecule has 0 bridgehead atoms. The normalized spacial score (nSPS) is 16.9. The molecule has 0 saturated carbocycles. The standard InChI is InChI=1S/C15H19F2NO/c1-2-11-3-5-13(6-4-11)15(19)18-9-7-12(8-10-18)14(16)17/h3-6,12,14H,2,7-10H2,1H3. The molecule has 0 aliphatic carbocycles. The molecule has 1 amide bonds. The number of hydrogen-bond donors (Lipinski definition) is 0. The van der Waals surface area contributed by atoms with Gasteiger partial charge in [-0.3, -0.25) is 4.79 Å². The smallest absolute Gasteiger partial charge is 0.253 e. The van der Waals surface area contributed by atoms with Crippen LogP contribution < -0.4 is 0 Å². The van der Waals surface area contributed by atoms with Crippen LogP contribution in [-0.2, 0) is 6.42 Å². The van der Waals surface area contributed by atoms with Crippen molar-refractivity contribution < 1.29 is 13.6 Å². The van der Waals surface area contributed by atoms with Crippen LogP contribution >= 0.6 is 0 Å². The van der Waals surface area contributed by atoms with Crippen LogP contribution in [0.25, 0.3) is 0 Å². The van der Waals surface area contributed by atoms with E-state index in [1.165, 1.54) is 5.56 Å². The average Bonchev–Trinajstić information content (AvgIpc) is 2.46. The largest absolute Gasteiger partial charge is 0.339 e. The number of alkyl halides is 2. The number of rotatable bonds is 3. The van der Waals surface area contributed by atoms with E-state index in [0.29, 0.717) is 31.5 Å². The maximum absolute atomic E-state index is 12.6. The van der Waals surface area contributed by atoms with Gasteiger partial charge in [-0.05, 0) is 37.0 Å². The van der Waals surface area contributed by atoms with Crippen molar-refractivity contribution in [1.82, 2.24) is 4.90 Å². The molecule has 1 aliphatic heterocycles. The summed E-state index contributed by atoms with van der Waals surface area (Å²) < 4.78 is 25.1. The summed E-state index contributed by atoms with van der Waals surface area (Å²) in [5, 5.41) is 0.